The lowest BCUT2D eigenvalue weighted by atomic mass is 10.6. The van der Waals surface area contributed by atoms with Gasteiger partial charge in [-0.1, -0.05) is 41.5 Å². The van der Waals surface area contributed by atoms with Gasteiger partial charge in [-0.05, 0) is 38.3 Å². The summed E-state index contributed by atoms with van der Waals surface area (Å²) in [4.78, 5) is 0. The van der Waals surface area contributed by atoms with Gasteiger partial charge in [0.2, 0.25) is 8.40 Å². The lowest BCUT2D eigenvalue weighted by Gasteiger charge is -2.48. The molecule has 0 aromatic heterocycles. The highest BCUT2D eigenvalue weighted by Crippen LogP contribution is 2.28. The van der Waals surface area contributed by atoms with Crippen molar-refractivity contribution in [2.24, 2.45) is 0 Å². The Morgan fingerprint density at radius 1 is 0.800 bits per heavy atom. The van der Waals surface area contributed by atoms with Crippen LogP contribution in [-0.2, 0) is 0 Å². The molecule has 0 spiro atoms. The normalized spacial score (nSPS) is 13.2. The van der Waals surface area contributed by atoms with E-state index < -0.39 is 8.40 Å². The predicted octanol–water partition coefficient (Wildman–Crippen LogP) is 3.15. The number of hydrogen-bond acceptors (Lipinski definition) is 2. The molecule has 0 bridgehead atoms. The molecule has 0 saturated heterocycles. The quantitative estimate of drug-likeness (QED) is 0.620. The van der Waals surface area contributed by atoms with E-state index in [2.05, 4.69) is 57.2 Å². The Balaban J connectivity index is 5.01. The van der Waals surface area contributed by atoms with Crippen LogP contribution < -0.4 is 0 Å². The molecule has 0 saturated carbocycles. The molecule has 0 heterocycles. The van der Waals surface area contributed by atoms with E-state index in [0.717, 1.165) is 5.54 Å². The number of hydrogen-bond donors (Lipinski definition) is 0. The summed E-state index contributed by atoms with van der Waals surface area (Å²) < 4.78 is 5.43. The third-order valence-corrected chi connectivity index (χ3v) is 9.91. The number of rotatable bonds is 7. The van der Waals surface area contributed by atoms with Crippen molar-refractivity contribution >= 4 is 8.40 Å². The Bertz CT molecular complexity index is 151. The van der Waals surface area contributed by atoms with Crippen LogP contribution in [0.1, 0.15) is 41.5 Å². The van der Waals surface area contributed by atoms with Gasteiger partial charge in [0.25, 0.3) is 0 Å². The maximum atomic E-state index is 2.71. The molecule has 0 radical (unpaired) electrons. The van der Waals surface area contributed by atoms with Crippen LogP contribution in [0.2, 0.25) is 12.1 Å². The van der Waals surface area contributed by atoms with E-state index in [1.807, 2.05) is 0 Å². The van der Waals surface area contributed by atoms with E-state index in [9.17, 15) is 0 Å². The maximum absolute atomic E-state index is 2.71. The Morgan fingerprint density at radius 2 is 1.07 bits per heavy atom. The average Bonchev–Trinajstić information content (AvgIpc) is 2.21. The second-order valence-corrected chi connectivity index (χ2v) is 9.20. The summed E-state index contributed by atoms with van der Waals surface area (Å²) in [5.41, 5.74) is 0.789. The molecule has 0 N–H and O–H groups in total. The van der Waals surface area contributed by atoms with Crippen LogP contribution in [-0.4, -0.2) is 43.7 Å². The van der Waals surface area contributed by atoms with Gasteiger partial charge < -0.3 is 9.13 Å². The minimum absolute atomic E-state index is 0.789. The molecule has 0 aliphatic heterocycles. The third-order valence-electron chi connectivity index (χ3n) is 3.90. The van der Waals surface area contributed by atoms with E-state index in [0.29, 0.717) is 0 Å². The zero-order valence-electron chi connectivity index (χ0n) is 11.8. The van der Waals surface area contributed by atoms with Crippen molar-refractivity contribution in [1.82, 2.24) is 9.13 Å². The molecule has 0 rings (SSSR count). The second-order valence-electron chi connectivity index (χ2n) is 4.59. The zero-order chi connectivity index (χ0) is 12.1. The van der Waals surface area contributed by atoms with Crippen LogP contribution in [0.3, 0.4) is 0 Å². The van der Waals surface area contributed by atoms with Crippen molar-refractivity contribution in [3.63, 3.8) is 0 Å². The van der Waals surface area contributed by atoms with Gasteiger partial charge in [0.05, 0.1) is 0 Å². The molecule has 0 aromatic rings. The predicted molar refractivity (Wildman–Crippen MR) is 72.6 cm³/mol. The molecule has 0 unspecified atom stereocenters. The Labute approximate surface area is 97.8 Å². The van der Waals surface area contributed by atoms with Crippen LogP contribution in [0.25, 0.3) is 0 Å². The smallest absolute Gasteiger partial charge is 0.206 e. The van der Waals surface area contributed by atoms with Crippen molar-refractivity contribution < 1.29 is 0 Å². The molecule has 0 aromatic carbocycles. The fourth-order valence-electron chi connectivity index (χ4n) is 2.66. The minimum Gasteiger partial charge on any atom is -0.312 e. The lowest BCUT2D eigenvalue weighted by Crippen LogP contribution is -2.65. The third kappa shape index (κ3) is 3.05. The Morgan fingerprint density at radius 3 is 1.20 bits per heavy atom. The summed E-state index contributed by atoms with van der Waals surface area (Å²) in [6.45, 7) is 21.2. The van der Waals surface area contributed by atoms with Crippen LogP contribution in [0.5, 0.6) is 0 Å². The van der Waals surface area contributed by atoms with Gasteiger partial charge >= 0.3 is 0 Å². The van der Waals surface area contributed by atoms with Crippen LogP contribution >= 0.6 is 0 Å². The lowest BCUT2D eigenvalue weighted by molar-refractivity contribution is 0.345. The van der Waals surface area contributed by atoms with Gasteiger partial charge in [-0.3, -0.25) is 0 Å². The molecular weight excluding hydrogens is 200 g/mol. The SMILES string of the molecule is CCN(CC)[Si](C)(C(C)C)N(CC)CC. The summed E-state index contributed by atoms with van der Waals surface area (Å²) in [6, 6.07) is 0. The second kappa shape index (κ2) is 6.66. The molecule has 0 aliphatic rings. The standard InChI is InChI=1S/C12H30N2Si/c1-8-13(9-2)15(7,12(5)6)14(10-3)11-4/h12H,8-11H2,1-7H3. The molecule has 0 aliphatic carbocycles. The van der Waals surface area contributed by atoms with Gasteiger partial charge in [0.1, 0.15) is 0 Å². The Hall–Kier alpha value is 0.137. The van der Waals surface area contributed by atoms with Crippen molar-refractivity contribution in [3.8, 4) is 0 Å². The van der Waals surface area contributed by atoms with Gasteiger partial charge in [-0.15, -0.1) is 0 Å². The van der Waals surface area contributed by atoms with Crippen molar-refractivity contribution in [2.45, 2.75) is 53.6 Å². The van der Waals surface area contributed by atoms with E-state index in [-0.39, 0.29) is 0 Å². The largest absolute Gasteiger partial charge is 0.312 e. The number of nitrogens with zero attached hydrogens (tertiary/aromatic N) is 2. The van der Waals surface area contributed by atoms with Crippen molar-refractivity contribution in [2.75, 3.05) is 26.2 Å². The van der Waals surface area contributed by atoms with Gasteiger partial charge in [-0.2, -0.15) is 0 Å². The van der Waals surface area contributed by atoms with E-state index >= 15 is 0 Å². The summed E-state index contributed by atoms with van der Waals surface area (Å²) in [6.07, 6.45) is 0. The van der Waals surface area contributed by atoms with Crippen molar-refractivity contribution in [1.29, 1.82) is 0 Å². The fourth-order valence-corrected chi connectivity index (χ4v) is 7.08. The highest BCUT2D eigenvalue weighted by molar-refractivity contribution is 6.74. The summed E-state index contributed by atoms with van der Waals surface area (Å²) >= 11 is 0. The summed E-state index contributed by atoms with van der Waals surface area (Å²) in [5.74, 6) is 0. The molecule has 0 amide bonds. The molecule has 2 nitrogen and oxygen atoms in total. The van der Waals surface area contributed by atoms with Crippen LogP contribution in [0.15, 0.2) is 0 Å². The van der Waals surface area contributed by atoms with Gasteiger partial charge in [0.15, 0.2) is 0 Å². The van der Waals surface area contributed by atoms with E-state index in [1.165, 1.54) is 26.2 Å². The first-order valence-electron chi connectivity index (χ1n) is 6.48. The minimum atomic E-state index is -1.42. The maximum Gasteiger partial charge on any atom is 0.206 e. The highest BCUT2D eigenvalue weighted by atomic mass is 28.3. The first-order valence-corrected chi connectivity index (χ1v) is 8.96. The molecule has 92 valence electrons. The first-order chi connectivity index (χ1) is 6.98. The van der Waals surface area contributed by atoms with E-state index in [4.69, 9.17) is 0 Å². The topological polar surface area (TPSA) is 6.48 Å². The molecule has 0 atom stereocenters. The molecule has 3 heteroatoms. The average molecular weight is 230 g/mol. The first kappa shape index (κ1) is 15.1. The van der Waals surface area contributed by atoms with Crippen LogP contribution in [0.4, 0.5) is 0 Å². The van der Waals surface area contributed by atoms with Gasteiger partial charge in [-0.25, -0.2) is 0 Å². The van der Waals surface area contributed by atoms with E-state index in [1.54, 1.807) is 0 Å². The highest BCUT2D eigenvalue weighted by Gasteiger charge is 2.41. The molecule has 0 fully saturated rings. The Kier molecular flexibility index (Phi) is 6.72. The van der Waals surface area contributed by atoms with Crippen molar-refractivity contribution in [3.05, 3.63) is 0 Å². The fraction of sp³-hybridized carbons (Fsp3) is 1.00. The monoisotopic (exact) mass is 230 g/mol. The molecular formula is C12H30N2Si. The summed E-state index contributed by atoms with van der Waals surface area (Å²) in [5, 5.41) is 0. The zero-order valence-corrected chi connectivity index (χ0v) is 12.8. The van der Waals surface area contributed by atoms with Gasteiger partial charge in [0, 0.05) is 0 Å². The summed E-state index contributed by atoms with van der Waals surface area (Å²) in [7, 11) is -1.42. The molecule has 15 heavy (non-hydrogen) atoms. The van der Waals surface area contributed by atoms with Crippen LogP contribution in [0, 0.1) is 0 Å².